The minimum Gasteiger partial charge on any atom is -0.379 e. The van der Waals surface area contributed by atoms with E-state index in [1.807, 2.05) is 6.92 Å². The fraction of sp³-hybridized carbons (Fsp3) is 0.786. The minimum atomic E-state index is -0.155. The summed E-state index contributed by atoms with van der Waals surface area (Å²) in [7, 11) is 0. The number of hydrogen-bond acceptors (Lipinski definition) is 5. The quantitative estimate of drug-likeness (QED) is 0.356. The van der Waals surface area contributed by atoms with Crippen LogP contribution in [0.25, 0.3) is 0 Å². The Kier molecular flexibility index (Phi) is 15.3. The number of amides is 1. The van der Waals surface area contributed by atoms with Gasteiger partial charge in [0.25, 0.3) is 0 Å². The monoisotopic (exact) mass is 289 g/mol. The van der Waals surface area contributed by atoms with Crippen LogP contribution in [0.15, 0.2) is 12.7 Å². The van der Waals surface area contributed by atoms with Crippen LogP contribution in [-0.2, 0) is 23.7 Å². The van der Waals surface area contributed by atoms with E-state index in [4.69, 9.17) is 18.9 Å². The lowest BCUT2D eigenvalue weighted by Gasteiger charge is -2.07. The van der Waals surface area contributed by atoms with Gasteiger partial charge in [0, 0.05) is 19.8 Å². The molecule has 6 nitrogen and oxygen atoms in total. The third-order valence-corrected chi connectivity index (χ3v) is 2.27. The minimum absolute atomic E-state index is 0.155. The van der Waals surface area contributed by atoms with Crippen molar-refractivity contribution in [1.82, 2.24) is 5.32 Å². The van der Waals surface area contributed by atoms with Crippen LogP contribution in [0.5, 0.6) is 0 Å². The number of carbonyl (C=O) groups is 1. The zero-order chi connectivity index (χ0) is 14.9. The summed E-state index contributed by atoms with van der Waals surface area (Å²) >= 11 is 0. The predicted octanol–water partition coefficient (Wildman–Crippen LogP) is 0.765. The molecule has 0 aromatic heterocycles. The molecule has 0 radical (unpaired) electrons. The van der Waals surface area contributed by atoms with Crippen molar-refractivity contribution in [2.24, 2.45) is 0 Å². The molecule has 0 atom stereocenters. The van der Waals surface area contributed by atoms with E-state index in [0.29, 0.717) is 59.4 Å². The van der Waals surface area contributed by atoms with Gasteiger partial charge in [0.2, 0.25) is 5.91 Å². The molecule has 1 N–H and O–H groups in total. The lowest BCUT2D eigenvalue weighted by atomic mass is 10.4. The Balaban J connectivity index is 2.99. The van der Waals surface area contributed by atoms with Gasteiger partial charge in [0.1, 0.15) is 0 Å². The summed E-state index contributed by atoms with van der Waals surface area (Å²) in [4.78, 5) is 10.8. The van der Waals surface area contributed by atoms with Gasteiger partial charge < -0.3 is 24.3 Å². The van der Waals surface area contributed by atoms with Crippen molar-refractivity contribution in [1.29, 1.82) is 0 Å². The normalized spacial score (nSPS) is 10.4. The Morgan fingerprint density at radius 2 is 1.45 bits per heavy atom. The van der Waals surface area contributed by atoms with E-state index in [1.54, 1.807) is 0 Å². The van der Waals surface area contributed by atoms with Gasteiger partial charge in [-0.25, -0.2) is 0 Å². The van der Waals surface area contributed by atoms with Gasteiger partial charge in [-0.3, -0.25) is 4.79 Å². The average Bonchev–Trinajstić information content (AvgIpc) is 2.47. The van der Waals surface area contributed by atoms with Crippen molar-refractivity contribution in [3.63, 3.8) is 0 Å². The Morgan fingerprint density at radius 1 is 0.950 bits per heavy atom. The molecule has 0 rings (SSSR count). The fourth-order valence-corrected chi connectivity index (χ4v) is 1.26. The van der Waals surface area contributed by atoms with Gasteiger partial charge in [-0.1, -0.05) is 6.58 Å². The Hall–Kier alpha value is -0.950. The molecule has 0 heterocycles. The van der Waals surface area contributed by atoms with E-state index in [-0.39, 0.29) is 5.91 Å². The second-order valence-electron chi connectivity index (χ2n) is 3.88. The molecule has 0 spiro atoms. The molecule has 20 heavy (non-hydrogen) atoms. The summed E-state index contributed by atoms with van der Waals surface area (Å²) in [6, 6.07) is 0. The van der Waals surface area contributed by atoms with Crippen LogP contribution in [-0.4, -0.2) is 65.3 Å². The molecule has 0 unspecified atom stereocenters. The molecule has 0 aromatic rings. The third-order valence-electron chi connectivity index (χ3n) is 2.27. The van der Waals surface area contributed by atoms with Crippen molar-refractivity contribution in [3.05, 3.63) is 12.7 Å². The first-order valence-electron chi connectivity index (χ1n) is 7.02. The maximum atomic E-state index is 10.8. The molecule has 6 heteroatoms. The highest BCUT2D eigenvalue weighted by Crippen LogP contribution is 1.84. The van der Waals surface area contributed by atoms with E-state index >= 15 is 0 Å². The molecule has 118 valence electrons. The maximum absolute atomic E-state index is 10.8. The highest BCUT2D eigenvalue weighted by Gasteiger charge is 1.94. The van der Waals surface area contributed by atoms with E-state index in [1.165, 1.54) is 6.08 Å². The molecule has 0 aliphatic rings. The van der Waals surface area contributed by atoms with Crippen molar-refractivity contribution in [2.75, 3.05) is 59.4 Å². The summed E-state index contributed by atoms with van der Waals surface area (Å²) in [5.74, 6) is -0.155. The Morgan fingerprint density at radius 3 is 1.95 bits per heavy atom. The van der Waals surface area contributed by atoms with Gasteiger partial charge in [0.05, 0.1) is 39.6 Å². The zero-order valence-corrected chi connectivity index (χ0v) is 12.4. The van der Waals surface area contributed by atoms with Gasteiger partial charge in [-0.15, -0.1) is 0 Å². The lowest BCUT2D eigenvalue weighted by Crippen LogP contribution is -2.23. The second kappa shape index (κ2) is 16.1. The Bertz CT molecular complexity index is 236. The van der Waals surface area contributed by atoms with Crippen molar-refractivity contribution in [3.8, 4) is 0 Å². The first kappa shape index (κ1) is 19.1. The first-order chi connectivity index (χ1) is 9.81. The maximum Gasteiger partial charge on any atom is 0.243 e. The summed E-state index contributed by atoms with van der Waals surface area (Å²) < 4.78 is 21.1. The van der Waals surface area contributed by atoms with Crippen molar-refractivity contribution >= 4 is 5.91 Å². The van der Waals surface area contributed by atoms with E-state index in [0.717, 1.165) is 6.42 Å². The highest BCUT2D eigenvalue weighted by atomic mass is 16.6. The van der Waals surface area contributed by atoms with E-state index < -0.39 is 0 Å². The molecule has 0 saturated heterocycles. The number of rotatable bonds is 15. The topological polar surface area (TPSA) is 66.0 Å². The number of hydrogen-bond donors (Lipinski definition) is 1. The van der Waals surface area contributed by atoms with Crippen LogP contribution in [0.3, 0.4) is 0 Å². The molecule has 0 saturated carbocycles. The SMILES string of the molecule is C=CC(=O)NCCCOCCOCCOCCOCC. The van der Waals surface area contributed by atoms with Crippen molar-refractivity contribution < 1.29 is 23.7 Å². The molecule has 1 amide bonds. The van der Waals surface area contributed by atoms with E-state index in [9.17, 15) is 4.79 Å². The van der Waals surface area contributed by atoms with Crippen LogP contribution in [0.2, 0.25) is 0 Å². The molecule has 0 aliphatic heterocycles. The van der Waals surface area contributed by atoms with E-state index in [2.05, 4.69) is 11.9 Å². The smallest absolute Gasteiger partial charge is 0.243 e. The summed E-state index contributed by atoms with van der Waals surface area (Å²) in [5, 5.41) is 2.68. The number of nitrogens with one attached hydrogen (secondary N) is 1. The van der Waals surface area contributed by atoms with Crippen molar-refractivity contribution in [2.45, 2.75) is 13.3 Å². The highest BCUT2D eigenvalue weighted by molar-refractivity contribution is 5.86. The number of carbonyl (C=O) groups excluding carboxylic acids is 1. The van der Waals surface area contributed by atoms with Crippen LogP contribution >= 0.6 is 0 Å². The predicted molar refractivity (Wildman–Crippen MR) is 76.8 cm³/mol. The van der Waals surface area contributed by atoms with Crippen LogP contribution in [0.1, 0.15) is 13.3 Å². The summed E-state index contributed by atoms with van der Waals surface area (Å²) in [5.41, 5.74) is 0. The second-order valence-corrected chi connectivity index (χ2v) is 3.88. The molecular formula is C14H27NO5. The molecule has 0 fully saturated rings. The largest absolute Gasteiger partial charge is 0.379 e. The molecule has 0 bridgehead atoms. The first-order valence-corrected chi connectivity index (χ1v) is 7.02. The lowest BCUT2D eigenvalue weighted by molar-refractivity contribution is -0.116. The number of ether oxygens (including phenoxy) is 4. The Labute approximate surface area is 121 Å². The molecule has 0 aromatic carbocycles. The van der Waals surface area contributed by atoms with Gasteiger partial charge in [-0.05, 0) is 19.4 Å². The fourth-order valence-electron chi connectivity index (χ4n) is 1.26. The average molecular weight is 289 g/mol. The van der Waals surface area contributed by atoms with Gasteiger partial charge in [-0.2, -0.15) is 0 Å². The standard InChI is InChI=1S/C14H27NO5/c1-3-14(16)15-6-5-7-18-10-11-20-13-12-19-9-8-17-4-2/h3H,1,4-13H2,2H3,(H,15,16). The van der Waals surface area contributed by atoms with Crippen LogP contribution < -0.4 is 5.32 Å². The summed E-state index contributed by atoms with van der Waals surface area (Å²) in [6.45, 7) is 10.7. The van der Waals surface area contributed by atoms with Gasteiger partial charge in [0.15, 0.2) is 0 Å². The van der Waals surface area contributed by atoms with Crippen LogP contribution in [0, 0.1) is 0 Å². The van der Waals surface area contributed by atoms with Gasteiger partial charge >= 0.3 is 0 Å². The van der Waals surface area contributed by atoms with Crippen LogP contribution in [0.4, 0.5) is 0 Å². The zero-order valence-electron chi connectivity index (χ0n) is 12.4. The molecular weight excluding hydrogens is 262 g/mol. The third kappa shape index (κ3) is 15.1. The summed E-state index contributed by atoms with van der Waals surface area (Å²) in [6.07, 6.45) is 2.03. The molecule has 0 aliphatic carbocycles.